The fourth-order valence-electron chi connectivity index (χ4n) is 2.10. The molecule has 1 aromatic rings. The van der Waals surface area contributed by atoms with E-state index in [1.165, 1.54) is 31.0 Å². The fraction of sp³-hybridized carbons (Fsp3) is 0.538. The molecule has 0 radical (unpaired) electrons. The van der Waals surface area contributed by atoms with Gasteiger partial charge in [0.25, 0.3) is 0 Å². The molecule has 1 unspecified atom stereocenters. The predicted molar refractivity (Wildman–Crippen MR) is 69.9 cm³/mol. The van der Waals surface area contributed by atoms with Crippen molar-refractivity contribution in [2.45, 2.75) is 37.1 Å². The summed E-state index contributed by atoms with van der Waals surface area (Å²) in [7, 11) is -3.30. The Morgan fingerprint density at radius 2 is 2.11 bits per heavy atom. The summed E-state index contributed by atoms with van der Waals surface area (Å²) in [6.07, 6.45) is 4.37. The third-order valence-electron chi connectivity index (χ3n) is 3.34. The maximum atomic E-state index is 13.7. The Bertz CT molecular complexity index is 538. The zero-order valence-electron chi connectivity index (χ0n) is 10.6. The summed E-state index contributed by atoms with van der Waals surface area (Å²) in [6, 6.07) is 4.12. The van der Waals surface area contributed by atoms with Gasteiger partial charge in [0.2, 0.25) is 0 Å². The zero-order chi connectivity index (χ0) is 13.3. The van der Waals surface area contributed by atoms with E-state index >= 15 is 0 Å². The SMILES string of the molecule is CCC(Nc1cc(S(C)(=O)=O)ccc1F)C1CC1. The molecule has 1 saturated carbocycles. The van der Waals surface area contributed by atoms with Gasteiger partial charge in [0, 0.05) is 12.3 Å². The molecule has 1 atom stereocenters. The summed E-state index contributed by atoms with van der Waals surface area (Å²) in [5.41, 5.74) is 0.289. The van der Waals surface area contributed by atoms with Crippen molar-refractivity contribution in [3.05, 3.63) is 24.0 Å². The largest absolute Gasteiger partial charge is 0.380 e. The zero-order valence-corrected chi connectivity index (χ0v) is 11.4. The van der Waals surface area contributed by atoms with Crippen LogP contribution in [0.25, 0.3) is 0 Å². The van der Waals surface area contributed by atoms with Crippen molar-refractivity contribution in [3.8, 4) is 0 Å². The summed E-state index contributed by atoms with van der Waals surface area (Å²) >= 11 is 0. The molecule has 0 amide bonds. The lowest BCUT2D eigenvalue weighted by Crippen LogP contribution is -2.21. The Labute approximate surface area is 107 Å². The second-order valence-corrected chi connectivity index (χ2v) is 6.93. The molecule has 1 aromatic carbocycles. The van der Waals surface area contributed by atoms with Crippen molar-refractivity contribution in [3.63, 3.8) is 0 Å². The molecule has 18 heavy (non-hydrogen) atoms. The van der Waals surface area contributed by atoms with E-state index in [1.807, 2.05) is 6.92 Å². The minimum absolute atomic E-state index is 0.150. The molecular weight excluding hydrogens is 253 g/mol. The van der Waals surface area contributed by atoms with Crippen molar-refractivity contribution < 1.29 is 12.8 Å². The first-order chi connectivity index (χ1) is 8.41. The molecule has 1 fully saturated rings. The molecule has 0 bridgehead atoms. The minimum atomic E-state index is -3.30. The van der Waals surface area contributed by atoms with Crippen LogP contribution in [-0.2, 0) is 9.84 Å². The maximum Gasteiger partial charge on any atom is 0.175 e. The fourth-order valence-corrected chi connectivity index (χ4v) is 2.74. The lowest BCUT2D eigenvalue weighted by Gasteiger charge is -2.18. The van der Waals surface area contributed by atoms with E-state index in [-0.39, 0.29) is 16.6 Å². The molecule has 3 nitrogen and oxygen atoms in total. The average molecular weight is 271 g/mol. The number of anilines is 1. The lowest BCUT2D eigenvalue weighted by atomic mass is 10.1. The van der Waals surface area contributed by atoms with E-state index in [4.69, 9.17) is 0 Å². The van der Waals surface area contributed by atoms with Gasteiger partial charge in [-0.15, -0.1) is 0 Å². The number of nitrogens with one attached hydrogen (secondary N) is 1. The first-order valence-electron chi connectivity index (χ1n) is 6.18. The summed E-state index contributed by atoms with van der Waals surface area (Å²) < 4.78 is 36.6. The van der Waals surface area contributed by atoms with Crippen LogP contribution < -0.4 is 5.32 Å². The molecule has 2 rings (SSSR count). The number of rotatable bonds is 5. The molecule has 1 aliphatic carbocycles. The van der Waals surface area contributed by atoms with Crippen LogP contribution in [0.3, 0.4) is 0 Å². The average Bonchev–Trinajstić information content (AvgIpc) is 3.10. The molecule has 1 aliphatic rings. The van der Waals surface area contributed by atoms with Gasteiger partial charge in [0.1, 0.15) is 5.82 Å². The van der Waals surface area contributed by atoms with Gasteiger partial charge in [-0.25, -0.2) is 12.8 Å². The number of halogens is 1. The summed E-state index contributed by atoms with van der Waals surface area (Å²) in [5, 5.41) is 3.13. The number of hydrogen-bond donors (Lipinski definition) is 1. The van der Waals surface area contributed by atoms with Crippen molar-refractivity contribution in [1.29, 1.82) is 0 Å². The van der Waals surface area contributed by atoms with Crippen molar-refractivity contribution in [2.24, 2.45) is 5.92 Å². The van der Waals surface area contributed by atoms with E-state index in [2.05, 4.69) is 5.32 Å². The molecule has 0 heterocycles. The Kier molecular flexibility index (Phi) is 3.61. The molecule has 100 valence electrons. The van der Waals surface area contributed by atoms with Gasteiger partial charge >= 0.3 is 0 Å². The van der Waals surface area contributed by atoms with Crippen LogP contribution >= 0.6 is 0 Å². The molecule has 1 N–H and O–H groups in total. The highest BCUT2D eigenvalue weighted by atomic mass is 32.2. The van der Waals surface area contributed by atoms with Gasteiger partial charge in [-0.05, 0) is 43.4 Å². The molecule has 0 aromatic heterocycles. The van der Waals surface area contributed by atoms with Gasteiger partial charge in [-0.3, -0.25) is 0 Å². The smallest absolute Gasteiger partial charge is 0.175 e. The van der Waals surface area contributed by atoms with Gasteiger partial charge in [0.05, 0.1) is 10.6 Å². The topological polar surface area (TPSA) is 46.2 Å². The Morgan fingerprint density at radius 3 is 2.61 bits per heavy atom. The van der Waals surface area contributed by atoms with Crippen LogP contribution in [0.15, 0.2) is 23.1 Å². The van der Waals surface area contributed by atoms with E-state index in [1.54, 1.807) is 0 Å². The highest BCUT2D eigenvalue weighted by Crippen LogP contribution is 2.36. The van der Waals surface area contributed by atoms with Crippen molar-refractivity contribution in [1.82, 2.24) is 0 Å². The van der Waals surface area contributed by atoms with Gasteiger partial charge < -0.3 is 5.32 Å². The summed E-state index contributed by atoms with van der Waals surface area (Å²) in [4.78, 5) is 0.150. The Morgan fingerprint density at radius 1 is 1.44 bits per heavy atom. The van der Waals surface area contributed by atoms with Gasteiger partial charge in [-0.2, -0.15) is 0 Å². The van der Waals surface area contributed by atoms with Crippen LogP contribution in [0.1, 0.15) is 26.2 Å². The van der Waals surface area contributed by atoms with Gasteiger partial charge in [0.15, 0.2) is 9.84 Å². The maximum absolute atomic E-state index is 13.7. The van der Waals surface area contributed by atoms with E-state index in [0.717, 1.165) is 12.7 Å². The highest BCUT2D eigenvalue weighted by Gasteiger charge is 2.30. The van der Waals surface area contributed by atoms with Crippen LogP contribution in [0.5, 0.6) is 0 Å². The first kappa shape index (κ1) is 13.3. The second-order valence-electron chi connectivity index (χ2n) is 4.91. The number of benzene rings is 1. The molecular formula is C13H18FNO2S. The van der Waals surface area contributed by atoms with Crippen LogP contribution in [0, 0.1) is 11.7 Å². The number of sulfone groups is 1. The Balaban J connectivity index is 2.26. The van der Waals surface area contributed by atoms with E-state index in [9.17, 15) is 12.8 Å². The van der Waals surface area contributed by atoms with Crippen LogP contribution in [0.2, 0.25) is 0 Å². The minimum Gasteiger partial charge on any atom is -0.380 e. The molecule has 5 heteroatoms. The quantitative estimate of drug-likeness (QED) is 0.838. The van der Waals surface area contributed by atoms with E-state index < -0.39 is 15.7 Å². The lowest BCUT2D eigenvalue weighted by molar-refractivity contribution is 0.590. The third-order valence-corrected chi connectivity index (χ3v) is 4.45. The van der Waals surface area contributed by atoms with E-state index in [0.29, 0.717) is 5.92 Å². The predicted octanol–water partition coefficient (Wildman–Crippen LogP) is 2.83. The third kappa shape index (κ3) is 3.02. The van der Waals surface area contributed by atoms with Gasteiger partial charge in [-0.1, -0.05) is 6.92 Å². The first-order valence-corrected chi connectivity index (χ1v) is 8.07. The molecule has 0 saturated heterocycles. The van der Waals surface area contributed by atoms with Crippen molar-refractivity contribution in [2.75, 3.05) is 11.6 Å². The summed E-state index contributed by atoms with van der Waals surface area (Å²) in [5.74, 6) is 0.192. The monoisotopic (exact) mass is 271 g/mol. The van der Waals surface area contributed by atoms with Crippen LogP contribution in [0.4, 0.5) is 10.1 Å². The standard InChI is InChI=1S/C13H18FNO2S/c1-3-12(9-4-5-9)15-13-8-10(18(2,16)17)6-7-11(13)14/h6-9,12,15H,3-5H2,1-2H3. The van der Waals surface area contributed by atoms with Crippen LogP contribution in [-0.4, -0.2) is 20.7 Å². The second kappa shape index (κ2) is 4.88. The Hall–Kier alpha value is -1.10. The number of hydrogen-bond acceptors (Lipinski definition) is 3. The van der Waals surface area contributed by atoms with Crippen molar-refractivity contribution >= 4 is 15.5 Å². The molecule has 0 spiro atoms. The highest BCUT2D eigenvalue weighted by molar-refractivity contribution is 7.90. The summed E-state index contributed by atoms with van der Waals surface area (Å²) in [6.45, 7) is 2.05. The normalized spacial score (nSPS) is 17.5. The molecule has 0 aliphatic heterocycles.